The summed E-state index contributed by atoms with van der Waals surface area (Å²) in [7, 11) is 1.50. The topological polar surface area (TPSA) is 66.8 Å². The molecular formula is C13H18O4. The van der Waals surface area contributed by atoms with Crippen molar-refractivity contribution in [2.75, 3.05) is 7.11 Å². The van der Waals surface area contributed by atoms with Gasteiger partial charge in [-0.15, -0.1) is 0 Å². The number of benzene rings is 1. The first-order valence-corrected chi connectivity index (χ1v) is 5.69. The number of rotatable bonds is 6. The maximum Gasteiger partial charge on any atom is 0.303 e. The van der Waals surface area contributed by atoms with Gasteiger partial charge in [-0.2, -0.15) is 0 Å². The van der Waals surface area contributed by atoms with Crippen LogP contribution in [0, 0.1) is 0 Å². The van der Waals surface area contributed by atoms with Gasteiger partial charge in [0, 0.05) is 12.0 Å². The minimum atomic E-state index is -0.814. The average Bonchev–Trinajstić information content (AvgIpc) is 2.30. The number of methoxy groups -OCH3 is 1. The lowest BCUT2D eigenvalue weighted by atomic mass is 9.98. The van der Waals surface area contributed by atoms with Gasteiger partial charge < -0.3 is 14.9 Å². The Bertz CT molecular complexity index is 399. The number of carboxylic acid groups (broad SMARTS) is 1. The molecule has 94 valence electrons. The molecule has 0 aliphatic carbocycles. The quantitative estimate of drug-likeness (QED) is 0.798. The average molecular weight is 238 g/mol. The third-order valence-electron chi connectivity index (χ3n) is 2.76. The molecule has 4 nitrogen and oxygen atoms in total. The Balaban J connectivity index is 2.89. The van der Waals surface area contributed by atoms with E-state index in [1.54, 1.807) is 6.07 Å². The first kappa shape index (κ1) is 13.4. The molecule has 0 aliphatic rings. The van der Waals surface area contributed by atoms with E-state index in [4.69, 9.17) is 9.84 Å². The molecule has 1 aromatic rings. The van der Waals surface area contributed by atoms with Crippen LogP contribution in [0.1, 0.15) is 30.9 Å². The molecule has 1 aromatic carbocycles. The standard InChI is InChI=1S/C13H18O4/c1-3-9-7-8-11(17-2)13(16)10(9)5-4-6-12(14)15/h7-8,16H,3-6H2,1-2H3,(H,14,15). The normalized spacial score (nSPS) is 10.2. The van der Waals surface area contributed by atoms with Crippen LogP contribution in [0.15, 0.2) is 12.1 Å². The second kappa shape index (κ2) is 6.13. The van der Waals surface area contributed by atoms with Gasteiger partial charge in [0.2, 0.25) is 0 Å². The van der Waals surface area contributed by atoms with Gasteiger partial charge in [-0.25, -0.2) is 0 Å². The molecule has 0 fully saturated rings. The lowest BCUT2D eigenvalue weighted by Crippen LogP contribution is -2.00. The van der Waals surface area contributed by atoms with Crippen molar-refractivity contribution in [1.29, 1.82) is 0 Å². The lowest BCUT2D eigenvalue weighted by molar-refractivity contribution is -0.137. The van der Waals surface area contributed by atoms with Crippen molar-refractivity contribution >= 4 is 5.97 Å². The Kier molecular flexibility index (Phi) is 4.82. The van der Waals surface area contributed by atoms with Crippen LogP contribution in [0.25, 0.3) is 0 Å². The molecule has 0 bridgehead atoms. The SMILES string of the molecule is CCc1ccc(OC)c(O)c1CCCC(=O)O. The van der Waals surface area contributed by atoms with E-state index in [2.05, 4.69) is 0 Å². The van der Waals surface area contributed by atoms with Crippen molar-refractivity contribution < 1.29 is 19.7 Å². The van der Waals surface area contributed by atoms with Crippen LogP contribution in [0.4, 0.5) is 0 Å². The smallest absolute Gasteiger partial charge is 0.303 e. The van der Waals surface area contributed by atoms with Crippen LogP contribution in [0.3, 0.4) is 0 Å². The van der Waals surface area contributed by atoms with Gasteiger partial charge in [0.25, 0.3) is 0 Å². The number of aryl methyl sites for hydroxylation is 1. The molecule has 0 unspecified atom stereocenters. The van der Waals surface area contributed by atoms with E-state index in [9.17, 15) is 9.90 Å². The Morgan fingerprint density at radius 2 is 2.12 bits per heavy atom. The van der Waals surface area contributed by atoms with E-state index in [1.807, 2.05) is 13.0 Å². The van der Waals surface area contributed by atoms with Crippen LogP contribution in [0.2, 0.25) is 0 Å². The summed E-state index contributed by atoms with van der Waals surface area (Å²) in [5.74, 6) is -0.241. The second-order valence-electron chi connectivity index (χ2n) is 3.85. The highest BCUT2D eigenvalue weighted by Gasteiger charge is 2.12. The summed E-state index contributed by atoms with van der Waals surface area (Å²) in [6.07, 6.45) is 1.99. The molecule has 17 heavy (non-hydrogen) atoms. The van der Waals surface area contributed by atoms with Gasteiger partial charge in [0.1, 0.15) is 0 Å². The number of hydrogen-bond acceptors (Lipinski definition) is 3. The van der Waals surface area contributed by atoms with E-state index >= 15 is 0 Å². The number of aromatic hydroxyl groups is 1. The highest BCUT2D eigenvalue weighted by Crippen LogP contribution is 2.33. The van der Waals surface area contributed by atoms with Gasteiger partial charge in [-0.1, -0.05) is 13.0 Å². The fourth-order valence-electron chi connectivity index (χ4n) is 1.85. The second-order valence-corrected chi connectivity index (χ2v) is 3.85. The monoisotopic (exact) mass is 238 g/mol. The summed E-state index contributed by atoms with van der Waals surface area (Å²) >= 11 is 0. The van der Waals surface area contributed by atoms with Gasteiger partial charge in [-0.05, 0) is 30.9 Å². The van der Waals surface area contributed by atoms with Crippen molar-refractivity contribution in [3.05, 3.63) is 23.3 Å². The lowest BCUT2D eigenvalue weighted by Gasteiger charge is -2.12. The molecule has 2 N–H and O–H groups in total. The predicted octanol–water partition coefficient (Wildman–Crippen LogP) is 2.37. The van der Waals surface area contributed by atoms with E-state index in [-0.39, 0.29) is 12.2 Å². The van der Waals surface area contributed by atoms with Crippen LogP contribution in [-0.4, -0.2) is 23.3 Å². The minimum absolute atomic E-state index is 0.111. The maximum absolute atomic E-state index is 10.5. The van der Waals surface area contributed by atoms with Crippen molar-refractivity contribution in [3.63, 3.8) is 0 Å². The first-order valence-electron chi connectivity index (χ1n) is 5.69. The highest BCUT2D eigenvalue weighted by molar-refractivity contribution is 5.66. The van der Waals surface area contributed by atoms with Gasteiger partial charge in [0.05, 0.1) is 7.11 Å². The fraction of sp³-hybridized carbons (Fsp3) is 0.462. The summed E-state index contributed by atoms with van der Waals surface area (Å²) in [6.45, 7) is 2.00. The van der Waals surface area contributed by atoms with E-state index < -0.39 is 5.97 Å². The molecule has 0 heterocycles. The summed E-state index contributed by atoms with van der Waals surface area (Å²) < 4.78 is 5.05. The van der Waals surface area contributed by atoms with Gasteiger partial charge in [-0.3, -0.25) is 4.79 Å². The first-order chi connectivity index (χ1) is 8.10. The molecular weight excluding hydrogens is 220 g/mol. The zero-order valence-corrected chi connectivity index (χ0v) is 10.2. The third-order valence-corrected chi connectivity index (χ3v) is 2.76. The molecule has 0 saturated heterocycles. The van der Waals surface area contributed by atoms with Crippen LogP contribution < -0.4 is 4.74 Å². The van der Waals surface area contributed by atoms with Crippen molar-refractivity contribution in [2.45, 2.75) is 32.6 Å². The van der Waals surface area contributed by atoms with E-state index in [0.717, 1.165) is 17.5 Å². The van der Waals surface area contributed by atoms with Crippen molar-refractivity contribution in [2.24, 2.45) is 0 Å². The Morgan fingerprint density at radius 1 is 1.41 bits per heavy atom. The number of phenolic OH excluding ortho intramolecular Hbond substituents is 1. The summed E-state index contributed by atoms with van der Waals surface area (Å²) in [6, 6.07) is 3.64. The Morgan fingerprint density at radius 3 is 2.65 bits per heavy atom. The summed E-state index contributed by atoms with van der Waals surface area (Å²) in [5, 5.41) is 18.6. The van der Waals surface area contributed by atoms with Gasteiger partial charge >= 0.3 is 5.97 Å². The number of carbonyl (C=O) groups is 1. The van der Waals surface area contributed by atoms with E-state index in [0.29, 0.717) is 18.6 Å². The number of aliphatic carboxylic acids is 1. The minimum Gasteiger partial charge on any atom is -0.504 e. The molecule has 4 heteroatoms. The summed E-state index contributed by atoms with van der Waals surface area (Å²) in [4.78, 5) is 10.5. The summed E-state index contributed by atoms with van der Waals surface area (Å²) in [5.41, 5.74) is 1.83. The molecule has 0 radical (unpaired) electrons. The zero-order valence-electron chi connectivity index (χ0n) is 10.2. The zero-order chi connectivity index (χ0) is 12.8. The number of phenols is 1. The third kappa shape index (κ3) is 3.37. The number of carboxylic acids is 1. The molecule has 1 rings (SSSR count). The van der Waals surface area contributed by atoms with Crippen LogP contribution in [-0.2, 0) is 17.6 Å². The molecule has 0 atom stereocenters. The predicted molar refractivity (Wildman–Crippen MR) is 64.6 cm³/mol. The largest absolute Gasteiger partial charge is 0.504 e. The molecule has 0 amide bonds. The number of ether oxygens (including phenoxy) is 1. The molecule has 0 saturated carbocycles. The van der Waals surface area contributed by atoms with Crippen LogP contribution >= 0.6 is 0 Å². The molecule has 0 aliphatic heterocycles. The Hall–Kier alpha value is -1.71. The van der Waals surface area contributed by atoms with Gasteiger partial charge in [0.15, 0.2) is 11.5 Å². The Labute approximate surface area is 101 Å². The molecule has 0 spiro atoms. The van der Waals surface area contributed by atoms with Crippen LogP contribution in [0.5, 0.6) is 11.5 Å². The highest BCUT2D eigenvalue weighted by atomic mass is 16.5. The number of hydrogen-bond donors (Lipinski definition) is 2. The molecule has 0 aromatic heterocycles. The van der Waals surface area contributed by atoms with Crippen molar-refractivity contribution in [1.82, 2.24) is 0 Å². The maximum atomic E-state index is 10.5. The van der Waals surface area contributed by atoms with Crippen molar-refractivity contribution in [3.8, 4) is 11.5 Å². The van der Waals surface area contributed by atoms with E-state index in [1.165, 1.54) is 7.11 Å². The fourth-order valence-corrected chi connectivity index (χ4v) is 1.85.